The topological polar surface area (TPSA) is 93.7 Å². The Labute approximate surface area is 204 Å². The summed E-state index contributed by atoms with van der Waals surface area (Å²) in [4.78, 5) is 12.7. The van der Waals surface area contributed by atoms with Crippen LogP contribution in [0, 0.1) is 12.7 Å². The first-order chi connectivity index (χ1) is 16.8. The van der Waals surface area contributed by atoms with Crippen molar-refractivity contribution in [3.05, 3.63) is 83.7 Å². The van der Waals surface area contributed by atoms with Crippen molar-refractivity contribution in [3.63, 3.8) is 0 Å². The van der Waals surface area contributed by atoms with Crippen LogP contribution in [0.15, 0.2) is 71.6 Å². The molecule has 1 unspecified atom stereocenters. The van der Waals surface area contributed by atoms with E-state index in [2.05, 4.69) is 10.0 Å². The maximum atomic E-state index is 13.9. The van der Waals surface area contributed by atoms with Gasteiger partial charge in [0.15, 0.2) is 0 Å². The molecule has 35 heavy (non-hydrogen) atoms. The van der Waals surface area contributed by atoms with Crippen molar-refractivity contribution in [1.82, 2.24) is 0 Å². The van der Waals surface area contributed by atoms with Crippen molar-refractivity contribution >= 4 is 27.3 Å². The van der Waals surface area contributed by atoms with Crippen LogP contribution in [0.1, 0.15) is 35.2 Å². The molecule has 184 valence electrons. The summed E-state index contributed by atoms with van der Waals surface area (Å²) < 4.78 is 53.2. The van der Waals surface area contributed by atoms with Crippen molar-refractivity contribution in [2.45, 2.75) is 37.2 Å². The van der Waals surface area contributed by atoms with Gasteiger partial charge in [-0.1, -0.05) is 24.3 Å². The smallest absolute Gasteiger partial charge is 0.261 e. The van der Waals surface area contributed by atoms with E-state index in [-0.39, 0.29) is 22.3 Å². The number of aryl methyl sites for hydroxylation is 1. The molecule has 0 bridgehead atoms. The molecule has 9 heteroatoms. The zero-order valence-electron chi connectivity index (χ0n) is 19.3. The standard InChI is InChI=1S/C26H27FN2O5S/c1-18-12-13-22(16-23(18)27)35(31,32)29-20-8-6-7-19(15-20)26(30)28-24-10-2-3-11-25(24)34-17-21-9-4-5-14-33-21/h2-3,6-8,10-13,15-16,21,29H,4-5,9,14,17H2,1H3,(H,28,30). The van der Waals surface area contributed by atoms with Crippen molar-refractivity contribution in [2.75, 3.05) is 23.3 Å². The summed E-state index contributed by atoms with van der Waals surface area (Å²) in [5.74, 6) is -0.525. The zero-order valence-corrected chi connectivity index (χ0v) is 20.1. The molecule has 1 aliphatic heterocycles. The summed E-state index contributed by atoms with van der Waals surface area (Å²) in [5, 5.41) is 2.82. The van der Waals surface area contributed by atoms with Gasteiger partial charge >= 0.3 is 0 Å². The minimum absolute atomic E-state index is 0.0271. The van der Waals surface area contributed by atoms with E-state index in [1.165, 1.54) is 24.3 Å². The van der Waals surface area contributed by atoms with E-state index in [9.17, 15) is 17.6 Å². The van der Waals surface area contributed by atoms with Gasteiger partial charge in [-0.25, -0.2) is 12.8 Å². The number of para-hydroxylation sites is 2. The zero-order chi connectivity index (χ0) is 24.8. The van der Waals surface area contributed by atoms with Gasteiger partial charge < -0.3 is 14.8 Å². The van der Waals surface area contributed by atoms with Crippen LogP contribution in [0.3, 0.4) is 0 Å². The van der Waals surface area contributed by atoms with E-state index in [0.29, 0.717) is 23.6 Å². The molecule has 1 atom stereocenters. The summed E-state index contributed by atoms with van der Waals surface area (Å²) in [5.41, 5.74) is 1.26. The molecule has 1 saturated heterocycles. The minimum Gasteiger partial charge on any atom is -0.489 e. The molecule has 1 heterocycles. The highest BCUT2D eigenvalue weighted by atomic mass is 32.2. The number of nitrogens with one attached hydrogen (secondary N) is 2. The van der Waals surface area contributed by atoms with Crippen LogP contribution < -0.4 is 14.8 Å². The van der Waals surface area contributed by atoms with Crippen LogP contribution in [0.25, 0.3) is 0 Å². The summed E-state index contributed by atoms with van der Waals surface area (Å²) in [6.07, 6.45) is 3.12. The second-order valence-electron chi connectivity index (χ2n) is 8.35. The third-order valence-corrected chi connectivity index (χ3v) is 7.04. The third kappa shape index (κ3) is 6.37. The van der Waals surface area contributed by atoms with Crippen LogP contribution in [0.5, 0.6) is 5.75 Å². The first kappa shape index (κ1) is 24.7. The largest absolute Gasteiger partial charge is 0.489 e. The van der Waals surface area contributed by atoms with Gasteiger partial charge in [-0.3, -0.25) is 9.52 Å². The fourth-order valence-corrected chi connectivity index (χ4v) is 4.75. The molecule has 7 nitrogen and oxygen atoms in total. The number of benzene rings is 3. The fraction of sp³-hybridized carbons (Fsp3) is 0.269. The predicted molar refractivity (Wildman–Crippen MR) is 132 cm³/mol. The first-order valence-electron chi connectivity index (χ1n) is 11.4. The number of carbonyl (C=O) groups excluding carboxylic acids is 1. The van der Waals surface area contributed by atoms with E-state index in [1.54, 1.807) is 37.3 Å². The predicted octanol–water partition coefficient (Wildman–Crippen LogP) is 5.14. The molecule has 4 rings (SSSR count). The van der Waals surface area contributed by atoms with Crippen LogP contribution >= 0.6 is 0 Å². The van der Waals surface area contributed by atoms with Gasteiger partial charge in [0, 0.05) is 17.9 Å². The van der Waals surface area contributed by atoms with Crippen molar-refractivity contribution in [2.24, 2.45) is 0 Å². The highest BCUT2D eigenvalue weighted by Gasteiger charge is 2.18. The Morgan fingerprint density at radius 3 is 2.69 bits per heavy atom. The second-order valence-corrected chi connectivity index (χ2v) is 10.0. The lowest BCUT2D eigenvalue weighted by Crippen LogP contribution is -2.26. The number of hydrogen-bond donors (Lipinski definition) is 2. The Morgan fingerprint density at radius 2 is 1.91 bits per heavy atom. The lowest BCUT2D eigenvalue weighted by atomic mass is 10.1. The van der Waals surface area contributed by atoms with E-state index < -0.39 is 21.7 Å². The van der Waals surface area contributed by atoms with E-state index in [1.807, 2.05) is 6.07 Å². The van der Waals surface area contributed by atoms with Crippen molar-refractivity contribution < 1.29 is 27.1 Å². The summed E-state index contributed by atoms with van der Waals surface area (Å²) in [7, 11) is -4.03. The van der Waals surface area contributed by atoms with Gasteiger partial charge in [0.1, 0.15) is 18.2 Å². The molecule has 0 saturated carbocycles. The van der Waals surface area contributed by atoms with Crippen molar-refractivity contribution in [3.8, 4) is 5.75 Å². The van der Waals surface area contributed by atoms with Crippen LogP contribution in [-0.4, -0.2) is 33.6 Å². The Kier molecular flexibility index (Phi) is 7.67. The monoisotopic (exact) mass is 498 g/mol. The summed E-state index contributed by atoms with van der Waals surface area (Å²) in [6, 6.07) is 16.8. The molecular weight excluding hydrogens is 471 g/mol. The quantitative estimate of drug-likeness (QED) is 0.449. The molecule has 1 fully saturated rings. The van der Waals surface area contributed by atoms with Gasteiger partial charge in [0.2, 0.25) is 0 Å². The summed E-state index contributed by atoms with van der Waals surface area (Å²) in [6.45, 7) is 2.67. The van der Waals surface area contributed by atoms with Gasteiger partial charge in [-0.15, -0.1) is 0 Å². The van der Waals surface area contributed by atoms with E-state index in [0.717, 1.165) is 31.9 Å². The average molecular weight is 499 g/mol. The number of ether oxygens (including phenoxy) is 2. The minimum atomic E-state index is -4.03. The van der Waals surface area contributed by atoms with E-state index in [4.69, 9.17) is 9.47 Å². The van der Waals surface area contributed by atoms with Gasteiger partial charge in [0.25, 0.3) is 15.9 Å². The molecular formula is C26H27FN2O5S. The SMILES string of the molecule is Cc1ccc(S(=O)(=O)Nc2cccc(C(=O)Nc3ccccc3OCC3CCCCO3)c2)cc1F. The molecule has 0 radical (unpaired) electrons. The lowest BCUT2D eigenvalue weighted by Gasteiger charge is -2.23. The van der Waals surface area contributed by atoms with Gasteiger partial charge in [-0.05, 0) is 74.2 Å². The third-order valence-electron chi connectivity index (χ3n) is 5.66. The number of carbonyl (C=O) groups is 1. The first-order valence-corrected chi connectivity index (χ1v) is 12.8. The Morgan fingerprint density at radius 1 is 1.09 bits per heavy atom. The average Bonchev–Trinajstić information content (AvgIpc) is 2.85. The van der Waals surface area contributed by atoms with Crippen molar-refractivity contribution in [1.29, 1.82) is 0 Å². The molecule has 1 aliphatic rings. The molecule has 0 aromatic heterocycles. The molecule has 3 aromatic carbocycles. The molecule has 2 N–H and O–H groups in total. The Hall–Kier alpha value is -3.43. The van der Waals surface area contributed by atoms with E-state index >= 15 is 0 Å². The summed E-state index contributed by atoms with van der Waals surface area (Å²) >= 11 is 0. The maximum absolute atomic E-state index is 13.9. The highest BCUT2D eigenvalue weighted by molar-refractivity contribution is 7.92. The van der Waals surface area contributed by atoms with Crippen LogP contribution in [0.4, 0.5) is 15.8 Å². The normalized spacial score (nSPS) is 15.9. The second kappa shape index (κ2) is 10.9. The number of sulfonamides is 1. The van der Waals surface area contributed by atoms with Gasteiger partial charge in [0.05, 0.1) is 16.7 Å². The van der Waals surface area contributed by atoms with Gasteiger partial charge in [-0.2, -0.15) is 0 Å². The Bertz CT molecular complexity index is 1310. The number of amides is 1. The van der Waals surface area contributed by atoms with Crippen LogP contribution in [-0.2, 0) is 14.8 Å². The number of rotatable bonds is 8. The lowest BCUT2D eigenvalue weighted by molar-refractivity contribution is -0.0109. The number of hydrogen-bond acceptors (Lipinski definition) is 5. The van der Waals surface area contributed by atoms with Crippen LogP contribution in [0.2, 0.25) is 0 Å². The highest BCUT2D eigenvalue weighted by Crippen LogP contribution is 2.26. The number of halogens is 1. The maximum Gasteiger partial charge on any atom is 0.261 e. The fourth-order valence-electron chi connectivity index (χ4n) is 3.69. The molecule has 0 aliphatic carbocycles. The Balaban J connectivity index is 1.45. The molecule has 3 aromatic rings. The number of anilines is 2. The molecule has 0 spiro atoms. The molecule has 1 amide bonds.